The number of aromatic nitrogens is 1. The number of pyridine rings is 1. The van der Waals surface area contributed by atoms with Crippen molar-refractivity contribution in [2.75, 3.05) is 13.2 Å². The van der Waals surface area contributed by atoms with E-state index in [1.54, 1.807) is 0 Å². The van der Waals surface area contributed by atoms with E-state index in [-0.39, 0.29) is 0 Å². The van der Waals surface area contributed by atoms with E-state index in [9.17, 15) is 0 Å². The van der Waals surface area contributed by atoms with E-state index >= 15 is 0 Å². The molecule has 0 aliphatic heterocycles. The highest BCUT2D eigenvalue weighted by Crippen LogP contribution is 2.18. The lowest BCUT2D eigenvalue weighted by Crippen LogP contribution is -2.19. The van der Waals surface area contributed by atoms with Crippen LogP contribution in [0.3, 0.4) is 0 Å². The Kier molecular flexibility index (Phi) is 5.26. The van der Waals surface area contributed by atoms with Crippen molar-refractivity contribution in [3.05, 3.63) is 23.5 Å². The van der Waals surface area contributed by atoms with Crippen LogP contribution in [0.5, 0.6) is 5.75 Å². The SMILES string of the molecule is CCOc1cc(C)ncc1CNCC(C)C. The monoisotopic (exact) mass is 222 g/mol. The molecule has 0 atom stereocenters. The van der Waals surface area contributed by atoms with Gasteiger partial charge in [-0.15, -0.1) is 0 Å². The minimum Gasteiger partial charge on any atom is -0.493 e. The van der Waals surface area contributed by atoms with Gasteiger partial charge in [-0.3, -0.25) is 4.98 Å². The average Bonchev–Trinajstić information content (AvgIpc) is 2.21. The summed E-state index contributed by atoms with van der Waals surface area (Å²) in [6, 6.07) is 2.00. The first-order valence-electron chi connectivity index (χ1n) is 5.92. The summed E-state index contributed by atoms with van der Waals surface area (Å²) in [5.41, 5.74) is 2.13. The van der Waals surface area contributed by atoms with Crippen LogP contribution in [0.2, 0.25) is 0 Å². The third-order valence-corrected chi connectivity index (χ3v) is 2.25. The molecule has 0 fully saturated rings. The molecule has 0 amide bonds. The van der Waals surface area contributed by atoms with Gasteiger partial charge in [0.15, 0.2) is 0 Å². The van der Waals surface area contributed by atoms with Crippen LogP contribution in [0.25, 0.3) is 0 Å². The Morgan fingerprint density at radius 2 is 2.19 bits per heavy atom. The number of hydrogen-bond donors (Lipinski definition) is 1. The van der Waals surface area contributed by atoms with Crippen molar-refractivity contribution < 1.29 is 4.74 Å². The van der Waals surface area contributed by atoms with Gasteiger partial charge in [0.2, 0.25) is 0 Å². The molecule has 0 saturated heterocycles. The van der Waals surface area contributed by atoms with Crippen LogP contribution in [0.4, 0.5) is 0 Å². The standard InChI is InChI=1S/C13H22N2O/c1-5-16-13-6-11(4)15-9-12(13)8-14-7-10(2)3/h6,9-10,14H,5,7-8H2,1-4H3. The van der Waals surface area contributed by atoms with E-state index < -0.39 is 0 Å². The number of hydrogen-bond acceptors (Lipinski definition) is 3. The quantitative estimate of drug-likeness (QED) is 0.803. The molecule has 0 unspecified atom stereocenters. The zero-order chi connectivity index (χ0) is 12.0. The summed E-state index contributed by atoms with van der Waals surface area (Å²) in [6.07, 6.45) is 1.90. The Labute approximate surface area is 98.2 Å². The molecule has 0 spiro atoms. The topological polar surface area (TPSA) is 34.1 Å². The Morgan fingerprint density at radius 3 is 2.81 bits per heavy atom. The van der Waals surface area contributed by atoms with Crippen LogP contribution in [-0.4, -0.2) is 18.1 Å². The highest BCUT2D eigenvalue weighted by Gasteiger charge is 2.04. The van der Waals surface area contributed by atoms with Crippen LogP contribution in [-0.2, 0) is 6.54 Å². The zero-order valence-corrected chi connectivity index (χ0v) is 10.7. The Balaban J connectivity index is 2.63. The minimum absolute atomic E-state index is 0.661. The molecule has 0 aliphatic carbocycles. The van der Waals surface area contributed by atoms with Crippen molar-refractivity contribution in [1.29, 1.82) is 0 Å². The Morgan fingerprint density at radius 1 is 1.44 bits per heavy atom. The molecule has 16 heavy (non-hydrogen) atoms. The largest absolute Gasteiger partial charge is 0.493 e. The normalized spacial score (nSPS) is 10.8. The predicted molar refractivity (Wildman–Crippen MR) is 66.7 cm³/mol. The number of nitrogens with zero attached hydrogens (tertiary/aromatic N) is 1. The van der Waals surface area contributed by atoms with Gasteiger partial charge in [-0.25, -0.2) is 0 Å². The van der Waals surface area contributed by atoms with Gasteiger partial charge in [-0.2, -0.15) is 0 Å². The van der Waals surface area contributed by atoms with Crippen molar-refractivity contribution in [3.8, 4) is 5.75 Å². The molecule has 0 aromatic carbocycles. The van der Waals surface area contributed by atoms with Gasteiger partial charge in [-0.05, 0) is 26.3 Å². The molecule has 1 aromatic rings. The maximum atomic E-state index is 5.60. The fourth-order valence-corrected chi connectivity index (χ4v) is 1.48. The Hall–Kier alpha value is -1.09. The highest BCUT2D eigenvalue weighted by atomic mass is 16.5. The lowest BCUT2D eigenvalue weighted by molar-refractivity contribution is 0.334. The number of ether oxygens (including phenoxy) is 1. The molecule has 0 saturated carbocycles. The minimum atomic E-state index is 0.661. The maximum absolute atomic E-state index is 5.60. The first kappa shape index (κ1) is 13.0. The summed E-state index contributed by atoms with van der Waals surface area (Å²) in [7, 11) is 0. The smallest absolute Gasteiger partial charge is 0.127 e. The Bertz CT molecular complexity index is 324. The fourth-order valence-electron chi connectivity index (χ4n) is 1.48. The average molecular weight is 222 g/mol. The molecule has 1 aromatic heterocycles. The summed E-state index contributed by atoms with van der Waals surface area (Å²) >= 11 is 0. The van der Waals surface area contributed by atoms with Gasteiger partial charge < -0.3 is 10.1 Å². The van der Waals surface area contributed by atoms with E-state index in [4.69, 9.17) is 4.74 Å². The molecule has 3 heteroatoms. The van der Waals surface area contributed by atoms with E-state index in [0.29, 0.717) is 12.5 Å². The van der Waals surface area contributed by atoms with Crippen molar-refractivity contribution in [2.45, 2.75) is 34.2 Å². The van der Waals surface area contributed by atoms with E-state index in [1.165, 1.54) is 0 Å². The molecule has 90 valence electrons. The number of nitrogens with one attached hydrogen (secondary N) is 1. The summed E-state index contributed by atoms with van der Waals surface area (Å²) < 4.78 is 5.60. The predicted octanol–water partition coefficient (Wildman–Crippen LogP) is 2.53. The zero-order valence-electron chi connectivity index (χ0n) is 10.7. The molecule has 0 bridgehead atoms. The first-order valence-corrected chi connectivity index (χ1v) is 5.92. The van der Waals surface area contributed by atoms with Gasteiger partial charge >= 0.3 is 0 Å². The van der Waals surface area contributed by atoms with E-state index in [2.05, 4.69) is 24.1 Å². The lowest BCUT2D eigenvalue weighted by Gasteiger charge is -2.12. The number of rotatable bonds is 6. The summed E-state index contributed by atoms with van der Waals surface area (Å²) in [4.78, 5) is 4.30. The van der Waals surface area contributed by atoms with Crippen LogP contribution >= 0.6 is 0 Å². The fraction of sp³-hybridized carbons (Fsp3) is 0.615. The molecule has 0 radical (unpaired) electrons. The van der Waals surface area contributed by atoms with Gasteiger partial charge in [0, 0.05) is 30.1 Å². The van der Waals surface area contributed by atoms with Crippen molar-refractivity contribution in [3.63, 3.8) is 0 Å². The van der Waals surface area contributed by atoms with Gasteiger partial charge in [0.1, 0.15) is 5.75 Å². The molecule has 3 nitrogen and oxygen atoms in total. The van der Waals surface area contributed by atoms with Crippen LogP contribution in [0, 0.1) is 12.8 Å². The molecule has 1 heterocycles. The highest BCUT2D eigenvalue weighted by molar-refractivity contribution is 5.32. The maximum Gasteiger partial charge on any atom is 0.127 e. The van der Waals surface area contributed by atoms with Crippen LogP contribution < -0.4 is 10.1 Å². The second kappa shape index (κ2) is 6.48. The summed E-state index contributed by atoms with van der Waals surface area (Å²) in [5.74, 6) is 1.61. The molecular formula is C13H22N2O. The second-order valence-electron chi connectivity index (χ2n) is 4.39. The third-order valence-electron chi connectivity index (χ3n) is 2.25. The third kappa shape index (κ3) is 4.19. The molecule has 1 N–H and O–H groups in total. The van der Waals surface area contributed by atoms with Gasteiger partial charge in [0.05, 0.1) is 6.61 Å². The lowest BCUT2D eigenvalue weighted by atomic mass is 10.2. The molecular weight excluding hydrogens is 200 g/mol. The first-order chi connectivity index (χ1) is 7.63. The van der Waals surface area contributed by atoms with Crippen molar-refractivity contribution in [1.82, 2.24) is 10.3 Å². The molecule has 1 rings (SSSR count). The summed E-state index contributed by atoms with van der Waals surface area (Å²) in [5, 5.41) is 3.40. The van der Waals surface area contributed by atoms with Crippen LogP contribution in [0.15, 0.2) is 12.3 Å². The molecule has 0 aliphatic rings. The van der Waals surface area contributed by atoms with Gasteiger partial charge in [-0.1, -0.05) is 13.8 Å². The number of aryl methyl sites for hydroxylation is 1. The van der Waals surface area contributed by atoms with E-state index in [1.807, 2.05) is 26.1 Å². The van der Waals surface area contributed by atoms with Gasteiger partial charge in [0.25, 0.3) is 0 Å². The van der Waals surface area contributed by atoms with Crippen molar-refractivity contribution >= 4 is 0 Å². The second-order valence-corrected chi connectivity index (χ2v) is 4.39. The summed E-state index contributed by atoms with van der Waals surface area (Å²) in [6.45, 7) is 10.9. The van der Waals surface area contributed by atoms with E-state index in [0.717, 1.165) is 30.1 Å². The van der Waals surface area contributed by atoms with Crippen molar-refractivity contribution in [2.24, 2.45) is 5.92 Å². The van der Waals surface area contributed by atoms with Crippen LogP contribution in [0.1, 0.15) is 32.0 Å².